The molecule has 0 bridgehead atoms. The molecule has 3 N–H and O–H groups in total. The van der Waals surface area contributed by atoms with Gasteiger partial charge in [0.15, 0.2) is 5.78 Å². The number of Topliss-reactive ketones (excluding diaryl/α,β-unsaturated/α-hetero) is 1. The number of hydrogen-bond acceptors (Lipinski definition) is 4. The fourth-order valence-corrected chi connectivity index (χ4v) is 4.56. The summed E-state index contributed by atoms with van der Waals surface area (Å²) in [5.74, 6) is -1.95. The van der Waals surface area contributed by atoms with E-state index in [0.717, 1.165) is 16.7 Å². The molecule has 0 radical (unpaired) electrons. The van der Waals surface area contributed by atoms with Crippen LogP contribution in [0.4, 0.5) is 0 Å². The summed E-state index contributed by atoms with van der Waals surface area (Å²) in [5, 5.41) is 9.90. The van der Waals surface area contributed by atoms with Gasteiger partial charge in [-0.25, -0.2) is 0 Å². The number of fused-ring (bicyclic) bond motifs is 3. The molecule has 0 saturated heterocycles. The molecule has 2 heterocycles. The minimum atomic E-state index is -1.04. The number of hydrogen-bond donors (Lipinski definition) is 2. The van der Waals surface area contributed by atoms with Crippen molar-refractivity contribution in [3.05, 3.63) is 95.2 Å². The topological polar surface area (TPSA) is 115 Å². The van der Waals surface area contributed by atoms with E-state index in [-0.39, 0.29) is 24.3 Å². The van der Waals surface area contributed by atoms with Crippen LogP contribution in [0.1, 0.15) is 38.4 Å². The maximum Gasteiger partial charge on any atom is 0.309 e. The van der Waals surface area contributed by atoms with Crippen LogP contribution < -0.4 is 5.73 Å². The van der Waals surface area contributed by atoms with Crippen molar-refractivity contribution in [3.63, 3.8) is 0 Å². The fraction of sp³-hybridized carbons (Fsp3) is 0.111. The number of ketones is 1. The number of amides is 1. The standard InChI is InChI=1S/C27H21N3O4/c28-27(34)19-7-4-8-21-24(19)25-22(31)14-29-20(13-23(32)33)26(25)30(21)15-16-9-11-18(12-10-16)17-5-2-1-3-6-17/h1-12H,13-15H2,(H2,28,34)(H,32,33). The molecule has 5 rings (SSSR count). The predicted molar refractivity (Wildman–Crippen MR) is 129 cm³/mol. The number of carboxylic acid groups (broad SMARTS) is 1. The first-order valence-electron chi connectivity index (χ1n) is 10.8. The number of primary amides is 1. The maximum atomic E-state index is 13.0. The monoisotopic (exact) mass is 451 g/mol. The van der Waals surface area contributed by atoms with Crippen LogP contribution in [0.15, 0.2) is 77.8 Å². The van der Waals surface area contributed by atoms with Gasteiger partial charge in [0.1, 0.15) is 6.54 Å². The largest absolute Gasteiger partial charge is 0.481 e. The summed E-state index contributed by atoms with van der Waals surface area (Å²) < 4.78 is 1.87. The minimum absolute atomic E-state index is 0.159. The number of nitrogens with two attached hydrogens (primary N) is 1. The van der Waals surface area contributed by atoms with Gasteiger partial charge >= 0.3 is 5.97 Å². The van der Waals surface area contributed by atoms with Gasteiger partial charge in [-0.3, -0.25) is 19.4 Å². The zero-order valence-electron chi connectivity index (χ0n) is 18.2. The molecule has 0 aliphatic carbocycles. The number of rotatable bonds is 6. The summed E-state index contributed by atoms with van der Waals surface area (Å²) in [6, 6.07) is 23.2. The summed E-state index contributed by atoms with van der Waals surface area (Å²) in [6.07, 6.45) is -0.324. The Morgan fingerprint density at radius 2 is 1.65 bits per heavy atom. The highest BCUT2D eigenvalue weighted by Crippen LogP contribution is 2.34. The Morgan fingerprint density at radius 3 is 2.32 bits per heavy atom. The molecule has 1 aliphatic heterocycles. The second kappa shape index (κ2) is 8.44. The lowest BCUT2D eigenvalue weighted by Gasteiger charge is -2.16. The van der Waals surface area contributed by atoms with E-state index >= 15 is 0 Å². The van der Waals surface area contributed by atoms with Crippen molar-refractivity contribution in [3.8, 4) is 11.1 Å². The van der Waals surface area contributed by atoms with Crippen LogP contribution in [-0.4, -0.2) is 39.6 Å². The Bertz CT molecular complexity index is 1480. The molecule has 0 saturated carbocycles. The highest BCUT2D eigenvalue weighted by Gasteiger charge is 2.31. The molecule has 7 nitrogen and oxygen atoms in total. The number of aliphatic imine (C=N–C) groups is 1. The summed E-state index contributed by atoms with van der Waals surface area (Å²) >= 11 is 0. The smallest absolute Gasteiger partial charge is 0.309 e. The van der Waals surface area contributed by atoms with E-state index in [4.69, 9.17) is 5.73 Å². The third-order valence-electron chi connectivity index (χ3n) is 6.04. The van der Waals surface area contributed by atoms with E-state index in [0.29, 0.717) is 34.4 Å². The number of carbonyl (C=O) groups is 3. The Morgan fingerprint density at radius 1 is 0.941 bits per heavy atom. The average Bonchev–Trinajstić information content (AvgIpc) is 3.17. The molecule has 0 atom stereocenters. The van der Waals surface area contributed by atoms with Crippen molar-refractivity contribution in [2.24, 2.45) is 10.7 Å². The van der Waals surface area contributed by atoms with Crippen LogP contribution in [0.3, 0.4) is 0 Å². The van der Waals surface area contributed by atoms with Crippen molar-refractivity contribution in [2.75, 3.05) is 6.54 Å². The van der Waals surface area contributed by atoms with Gasteiger partial charge < -0.3 is 15.4 Å². The predicted octanol–water partition coefficient (Wildman–Crippen LogP) is 3.92. The molecule has 168 valence electrons. The quantitative estimate of drug-likeness (QED) is 0.462. The van der Waals surface area contributed by atoms with Gasteiger partial charge in [0.2, 0.25) is 5.91 Å². The van der Waals surface area contributed by atoms with Gasteiger partial charge in [0, 0.05) is 17.5 Å². The van der Waals surface area contributed by atoms with Crippen molar-refractivity contribution in [1.29, 1.82) is 0 Å². The van der Waals surface area contributed by atoms with Gasteiger partial charge in [-0.1, -0.05) is 60.7 Å². The van der Waals surface area contributed by atoms with Crippen LogP contribution >= 0.6 is 0 Å². The van der Waals surface area contributed by atoms with Crippen molar-refractivity contribution in [1.82, 2.24) is 4.57 Å². The van der Waals surface area contributed by atoms with Crippen LogP contribution in [-0.2, 0) is 11.3 Å². The fourth-order valence-electron chi connectivity index (χ4n) is 4.56. The lowest BCUT2D eigenvalue weighted by atomic mass is 9.96. The molecule has 1 amide bonds. The molecule has 7 heteroatoms. The first kappa shape index (κ1) is 21.3. The van der Waals surface area contributed by atoms with Crippen LogP contribution in [0.25, 0.3) is 22.0 Å². The van der Waals surface area contributed by atoms with E-state index < -0.39 is 11.9 Å². The molecule has 0 fully saturated rings. The van der Waals surface area contributed by atoms with E-state index in [1.165, 1.54) is 0 Å². The zero-order chi connectivity index (χ0) is 23.8. The summed E-state index contributed by atoms with van der Waals surface area (Å²) in [6.45, 7) is 0.211. The Kier molecular flexibility index (Phi) is 5.30. The van der Waals surface area contributed by atoms with Gasteiger partial charge in [0.25, 0.3) is 0 Å². The second-order valence-electron chi connectivity index (χ2n) is 8.19. The summed E-state index contributed by atoms with van der Waals surface area (Å²) in [4.78, 5) is 40.9. The first-order valence-corrected chi connectivity index (χ1v) is 10.8. The Balaban J connectivity index is 1.67. The van der Waals surface area contributed by atoms with Gasteiger partial charge in [-0.2, -0.15) is 0 Å². The summed E-state index contributed by atoms with van der Waals surface area (Å²) in [5.41, 5.74) is 10.7. The molecular formula is C27H21N3O4. The molecule has 0 unspecified atom stereocenters. The van der Waals surface area contributed by atoms with Crippen molar-refractivity contribution < 1.29 is 19.5 Å². The molecule has 3 aromatic carbocycles. The minimum Gasteiger partial charge on any atom is -0.481 e. The SMILES string of the molecule is NC(=O)c1cccc2c1c1c(n2Cc2ccc(-c3ccccc3)cc2)C(CC(=O)O)=NCC1=O. The Hall–Kier alpha value is -4.52. The van der Waals surface area contributed by atoms with Crippen LogP contribution in [0.2, 0.25) is 0 Å². The number of carboxylic acids is 1. The number of nitrogens with zero attached hydrogens (tertiary/aromatic N) is 2. The molecule has 1 aromatic heterocycles. The second-order valence-corrected chi connectivity index (χ2v) is 8.19. The molecule has 0 spiro atoms. The highest BCUT2D eigenvalue weighted by atomic mass is 16.4. The van der Waals surface area contributed by atoms with E-state index in [2.05, 4.69) is 4.99 Å². The van der Waals surface area contributed by atoms with Gasteiger partial charge in [0.05, 0.1) is 28.9 Å². The van der Waals surface area contributed by atoms with Crippen LogP contribution in [0, 0.1) is 0 Å². The number of carbonyl (C=O) groups excluding carboxylic acids is 2. The van der Waals surface area contributed by atoms with E-state index in [1.807, 2.05) is 65.2 Å². The lowest BCUT2D eigenvalue weighted by molar-refractivity contribution is -0.135. The zero-order valence-corrected chi connectivity index (χ0v) is 18.2. The van der Waals surface area contributed by atoms with Crippen LogP contribution in [0.5, 0.6) is 0 Å². The third kappa shape index (κ3) is 3.67. The Labute approximate surface area is 195 Å². The normalized spacial score (nSPS) is 12.9. The van der Waals surface area contributed by atoms with E-state index in [9.17, 15) is 19.5 Å². The molecule has 4 aromatic rings. The van der Waals surface area contributed by atoms with Gasteiger partial charge in [-0.15, -0.1) is 0 Å². The average molecular weight is 451 g/mol. The number of benzene rings is 3. The lowest BCUT2D eigenvalue weighted by Crippen LogP contribution is -2.24. The maximum absolute atomic E-state index is 13.0. The molecule has 1 aliphatic rings. The number of aromatic nitrogens is 1. The van der Waals surface area contributed by atoms with Crippen molar-refractivity contribution >= 4 is 34.3 Å². The summed E-state index contributed by atoms with van der Waals surface area (Å²) in [7, 11) is 0. The number of aliphatic carboxylic acids is 1. The molecule has 34 heavy (non-hydrogen) atoms. The highest BCUT2D eigenvalue weighted by molar-refractivity contribution is 6.26. The van der Waals surface area contributed by atoms with E-state index in [1.54, 1.807) is 12.1 Å². The van der Waals surface area contributed by atoms with Crippen molar-refractivity contribution in [2.45, 2.75) is 13.0 Å². The third-order valence-corrected chi connectivity index (χ3v) is 6.04. The van der Waals surface area contributed by atoms with Gasteiger partial charge in [-0.05, 0) is 28.8 Å². The molecular weight excluding hydrogens is 430 g/mol. The first-order chi connectivity index (χ1) is 16.4.